The molecule has 1 aliphatic heterocycles. The third kappa shape index (κ3) is 6.17. The third-order valence-electron chi connectivity index (χ3n) is 5.59. The van der Waals surface area contributed by atoms with E-state index in [2.05, 4.69) is 18.7 Å². The molecule has 0 spiro atoms. The average Bonchev–Trinajstić information content (AvgIpc) is 3.23. The summed E-state index contributed by atoms with van der Waals surface area (Å²) in [7, 11) is 0. The minimum Gasteiger partial charge on any atom is -0.466 e. The smallest absolute Gasteiger partial charge is 0.310 e. The van der Waals surface area contributed by atoms with Crippen LogP contribution in [0.3, 0.4) is 0 Å². The minimum absolute atomic E-state index is 0.199. The highest BCUT2D eigenvalue weighted by atomic mass is 19.1. The second-order valence-electron chi connectivity index (χ2n) is 8.23. The fourth-order valence-electron chi connectivity index (χ4n) is 3.79. The van der Waals surface area contributed by atoms with Crippen LogP contribution in [-0.4, -0.2) is 47.4 Å². The number of carbonyl (C=O) groups is 2. The molecule has 0 aliphatic carbocycles. The first-order valence-corrected chi connectivity index (χ1v) is 10.9. The Hall–Kier alpha value is -2.67. The van der Waals surface area contributed by atoms with Crippen molar-refractivity contribution < 1.29 is 23.1 Å². The number of piperidine rings is 1. The number of nitrogens with zero attached hydrogens (tertiary/aromatic N) is 2. The first kappa shape index (κ1) is 23.0. The lowest BCUT2D eigenvalue weighted by atomic mass is 9.98. The van der Waals surface area contributed by atoms with Gasteiger partial charge in [0, 0.05) is 25.7 Å². The summed E-state index contributed by atoms with van der Waals surface area (Å²) in [5.74, 6) is 0.00246. The van der Waals surface area contributed by atoms with Crippen molar-refractivity contribution in [2.45, 2.75) is 52.7 Å². The summed E-state index contributed by atoms with van der Waals surface area (Å²) < 4.78 is 24.2. The monoisotopic (exact) mass is 430 g/mol. The Morgan fingerprint density at radius 1 is 1.19 bits per heavy atom. The summed E-state index contributed by atoms with van der Waals surface area (Å²) in [4.78, 5) is 28.8. The molecule has 6 nitrogen and oxygen atoms in total. The van der Waals surface area contributed by atoms with Gasteiger partial charge in [-0.1, -0.05) is 12.1 Å². The predicted octanol–water partition coefficient (Wildman–Crippen LogP) is 4.24. The molecule has 2 heterocycles. The van der Waals surface area contributed by atoms with Gasteiger partial charge < -0.3 is 14.1 Å². The van der Waals surface area contributed by atoms with Crippen molar-refractivity contribution in [1.82, 2.24) is 9.80 Å². The number of likely N-dealkylation sites (tertiary alicyclic amines) is 1. The molecule has 1 amide bonds. The summed E-state index contributed by atoms with van der Waals surface area (Å²) in [6.45, 7) is 8.44. The molecule has 0 radical (unpaired) electrons. The number of hydrogen-bond acceptors (Lipinski definition) is 5. The van der Waals surface area contributed by atoms with Crippen molar-refractivity contribution in [2.24, 2.45) is 5.92 Å². The van der Waals surface area contributed by atoms with Crippen LogP contribution >= 0.6 is 0 Å². The maximum absolute atomic E-state index is 13.2. The van der Waals surface area contributed by atoms with E-state index in [1.54, 1.807) is 30.0 Å². The van der Waals surface area contributed by atoms with Crippen LogP contribution in [0.5, 0.6) is 0 Å². The Morgan fingerprint density at radius 2 is 1.94 bits per heavy atom. The highest BCUT2D eigenvalue weighted by Crippen LogP contribution is 2.22. The van der Waals surface area contributed by atoms with Gasteiger partial charge in [0.1, 0.15) is 11.6 Å². The number of rotatable bonds is 8. The largest absolute Gasteiger partial charge is 0.466 e. The van der Waals surface area contributed by atoms with E-state index in [4.69, 9.17) is 9.15 Å². The molecular formula is C24H31FN2O4. The Kier molecular flexibility index (Phi) is 7.85. The van der Waals surface area contributed by atoms with Gasteiger partial charge in [-0.05, 0) is 63.4 Å². The number of esters is 1. The van der Waals surface area contributed by atoms with E-state index in [0.29, 0.717) is 38.5 Å². The summed E-state index contributed by atoms with van der Waals surface area (Å²) in [5.41, 5.74) is 1.01. The maximum atomic E-state index is 13.2. The molecule has 1 aromatic heterocycles. The van der Waals surface area contributed by atoms with Crippen molar-refractivity contribution in [3.05, 3.63) is 59.3 Å². The minimum atomic E-state index is -0.278. The molecule has 168 valence electrons. The molecule has 7 heteroatoms. The van der Waals surface area contributed by atoms with Crippen molar-refractivity contribution in [2.75, 3.05) is 19.7 Å². The van der Waals surface area contributed by atoms with E-state index < -0.39 is 0 Å². The molecule has 1 aromatic carbocycles. The molecule has 31 heavy (non-hydrogen) atoms. The lowest BCUT2D eigenvalue weighted by Gasteiger charge is -2.30. The molecule has 1 unspecified atom stereocenters. The van der Waals surface area contributed by atoms with Crippen LogP contribution in [0, 0.1) is 11.7 Å². The van der Waals surface area contributed by atoms with Crippen LogP contribution in [0.25, 0.3) is 0 Å². The SMILES string of the molecule is CCOC(=O)C1CCCN(C(=O)c2ccc(CN(Cc3ccc(F)cc3)C(C)C)o2)C1. The van der Waals surface area contributed by atoms with E-state index in [-0.39, 0.29) is 35.4 Å². The van der Waals surface area contributed by atoms with Gasteiger partial charge in [-0.2, -0.15) is 0 Å². The normalized spacial score (nSPS) is 16.7. The molecule has 1 aliphatic rings. The Labute approximate surface area is 183 Å². The zero-order valence-corrected chi connectivity index (χ0v) is 18.5. The molecule has 0 bridgehead atoms. The quantitative estimate of drug-likeness (QED) is 0.586. The summed E-state index contributed by atoms with van der Waals surface area (Å²) in [5, 5.41) is 0. The van der Waals surface area contributed by atoms with Crippen LogP contribution in [0.1, 0.15) is 55.5 Å². The number of hydrogen-bond donors (Lipinski definition) is 0. The molecule has 0 saturated carbocycles. The molecule has 1 fully saturated rings. The number of benzene rings is 1. The summed E-state index contributed by atoms with van der Waals surface area (Å²) >= 11 is 0. The van der Waals surface area contributed by atoms with E-state index in [1.165, 1.54) is 12.1 Å². The molecule has 1 saturated heterocycles. The van der Waals surface area contributed by atoms with E-state index in [1.807, 2.05) is 6.07 Å². The van der Waals surface area contributed by atoms with Gasteiger partial charge in [0.05, 0.1) is 19.1 Å². The van der Waals surface area contributed by atoms with Crippen LogP contribution in [0.4, 0.5) is 4.39 Å². The van der Waals surface area contributed by atoms with Crippen molar-refractivity contribution in [3.63, 3.8) is 0 Å². The number of furan rings is 1. The van der Waals surface area contributed by atoms with Crippen LogP contribution in [0.2, 0.25) is 0 Å². The first-order chi connectivity index (χ1) is 14.9. The summed E-state index contributed by atoms with van der Waals surface area (Å²) in [6.07, 6.45) is 1.50. The average molecular weight is 431 g/mol. The van der Waals surface area contributed by atoms with Crippen LogP contribution in [-0.2, 0) is 22.6 Å². The lowest BCUT2D eigenvalue weighted by Crippen LogP contribution is -2.42. The molecule has 3 rings (SSSR count). The van der Waals surface area contributed by atoms with E-state index in [9.17, 15) is 14.0 Å². The zero-order valence-electron chi connectivity index (χ0n) is 18.5. The van der Waals surface area contributed by atoms with Gasteiger partial charge in [0.15, 0.2) is 5.76 Å². The molecular weight excluding hydrogens is 399 g/mol. The molecule has 2 aromatic rings. The fraction of sp³-hybridized carbons (Fsp3) is 0.500. The Balaban J connectivity index is 1.63. The van der Waals surface area contributed by atoms with Gasteiger partial charge in [0.2, 0.25) is 0 Å². The number of carbonyl (C=O) groups excluding carboxylic acids is 2. The lowest BCUT2D eigenvalue weighted by molar-refractivity contribution is -0.149. The number of amides is 1. The van der Waals surface area contributed by atoms with Gasteiger partial charge in [-0.15, -0.1) is 0 Å². The Bertz CT molecular complexity index is 878. The Morgan fingerprint density at radius 3 is 2.61 bits per heavy atom. The van der Waals surface area contributed by atoms with Crippen molar-refractivity contribution >= 4 is 11.9 Å². The van der Waals surface area contributed by atoms with Gasteiger partial charge in [-0.3, -0.25) is 14.5 Å². The van der Waals surface area contributed by atoms with Crippen LogP contribution in [0.15, 0.2) is 40.8 Å². The zero-order chi connectivity index (χ0) is 22.4. The second kappa shape index (κ2) is 10.6. The second-order valence-corrected chi connectivity index (χ2v) is 8.23. The molecule has 0 N–H and O–H groups in total. The van der Waals surface area contributed by atoms with Crippen LogP contribution < -0.4 is 0 Å². The fourth-order valence-corrected chi connectivity index (χ4v) is 3.79. The topological polar surface area (TPSA) is 63.0 Å². The highest BCUT2D eigenvalue weighted by molar-refractivity contribution is 5.92. The number of ether oxygens (including phenoxy) is 1. The van der Waals surface area contributed by atoms with Gasteiger partial charge >= 0.3 is 5.97 Å². The van der Waals surface area contributed by atoms with Crippen molar-refractivity contribution in [3.8, 4) is 0 Å². The maximum Gasteiger partial charge on any atom is 0.310 e. The predicted molar refractivity (Wildman–Crippen MR) is 115 cm³/mol. The summed E-state index contributed by atoms with van der Waals surface area (Å²) in [6, 6.07) is 10.2. The number of halogens is 1. The van der Waals surface area contributed by atoms with Gasteiger partial charge in [-0.25, -0.2) is 4.39 Å². The first-order valence-electron chi connectivity index (χ1n) is 10.9. The highest BCUT2D eigenvalue weighted by Gasteiger charge is 2.31. The van der Waals surface area contributed by atoms with Gasteiger partial charge in [0.25, 0.3) is 5.91 Å². The van der Waals surface area contributed by atoms with E-state index >= 15 is 0 Å². The van der Waals surface area contributed by atoms with Crippen molar-refractivity contribution in [1.29, 1.82) is 0 Å². The molecule has 1 atom stereocenters. The standard InChI is InChI=1S/C24H31FN2O4/c1-4-30-24(29)19-6-5-13-26(15-19)23(28)22-12-11-21(31-22)16-27(17(2)3)14-18-7-9-20(25)10-8-18/h7-12,17,19H,4-6,13-16H2,1-3H3. The van der Waals surface area contributed by atoms with E-state index in [0.717, 1.165) is 18.4 Å². The third-order valence-corrected chi connectivity index (χ3v) is 5.59.